The summed E-state index contributed by atoms with van der Waals surface area (Å²) in [5, 5.41) is 9.77. The molecule has 37 heavy (non-hydrogen) atoms. The van der Waals surface area contributed by atoms with Gasteiger partial charge in [0.05, 0.1) is 11.1 Å². The Balaban J connectivity index is 1.35. The van der Waals surface area contributed by atoms with Gasteiger partial charge in [0.1, 0.15) is 17.2 Å². The lowest BCUT2D eigenvalue weighted by molar-refractivity contribution is -0.141. The van der Waals surface area contributed by atoms with Crippen molar-refractivity contribution in [2.45, 2.75) is 12.4 Å². The molecule has 12 heteroatoms. The molecule has 5 aromatic rings. The number of nitrogens with one attached hydrogen (secondary N) is 2. The second-order valence-corrected chi connectivity index (χ2v) is 7.86. The van der Waals surface area contributed by atoms with Crippen LogP contribution in [-0.4, -0.2) is 20.2 Å². The molecule has 2 aromatic heterocycles. The lowest BCUT2D eigenvalue weighted by Crippen LogP contribution is -2.08. The molecule has 0 saturated heterocycles. The van der Waals surface area contributed by atoms with Crippen molar-refractivity contribution in [3.63, 3.8) is 0 Å². The lowest BCUT2D eigenvalue weighted by atomic mass is 10.1. The molecule has 6 nitrogen and oxygen atoms in total. The Hall–Kier alpha value is -4.61. The number of halogens is 6. The zero-order valence-electron chi connectivity index (χ0n) is 18.5. The van der Waals surface area contributed by atoms with E-state index in [0.29, 0.717) is 16.8 Å². The monoisotopic (exact) mass is 515 g/mol. The molecule has 0 aliphatic heterocycles. The average Bonchev–Trinajstić information content (AvgIpc) is 3.32. The summed E-state index contributed by atoms with van der Waals surface area (Å²) in [5.41, 5.74) is -1.01. The van der Waals surface area contributed by atoms with Crippen molar-refractivity contribution in [3.8, 4) is 22.9 Å². The highest BCUT2D eigenvalue weighted by molar-refractivity contribution is 5.85. The summed E-state index contributed by atoms with van der Waals surface area (Å²) < 4.78 is 84.4. The molecule has 0 saturated carbocycles. The standard InChI is InChI=1S/C25H15F6N5O/c26-24(27,28)15-4-3-5-16(12-15)32-23-34-22(35-36-23)14-8-10-17(11-9-14)37-20-13-21(25(29,30)31)33-19-7-2-1-6-18(19)20/h1-13H,(H2,32,34,35,36). The molecule has 0 radical (unpaired) electrons. The third kappa shape index (κ3) is 5.32. The van der Waals surface area contributed by atoms with E-state index in [1.807, 2.05) is 0 Å². The summed E-state index contributed by atoms with van der Waals surface area (Å²) in [7, 11) is 0. The van der Waals surface area contributed by atoms with E-state index in [1.165, 1.54) is 18.2 Å². The van der Waals surface area contributed by atoms with Crippen molar-refractivity contribution in [2.75, 3.05) is 5.32 Å². The van der Waals surface area contributed by atoms with Crippen LogP contribution >= 0.6 is 0 Å². The Morgan fingerprint density at radius 2 is 1.51 bits per heavy atom. The third-order valence-electron chi connectivity index (χ3n) is 5.26. The molecular weight excluding hydrogens is 500 g/mol. The number of aromatic amines is 1. The van der Waals surface area contributed by atoms with E-state index in [0.717, 1.165) is 18.2 Å². The number of benzene rings is 3. The van der Waals surface area contributed by atoms with Gasteiger partial charge in [-0.1, -0.05) is 18.2 Å². The van der Waals surface area contributed by atoms with Crippen molar-refractivity contribution < 1.29 is 31.1 Å². The van der Waals surface area contributed by atoms with Crippen LogP contribution in [0.15, 0.2) is 78.9 Å². The molecule has 0 spiro atoms. The number of hydrogen-bond acceptors (Lipinski definition) is 5. The van der Waals surface area contributed by atoms with Crippen LogP contribution in [0.4, 0.5) is 38.0 Å². The number of alkyl halides is 6. The Kier molecular flexibility index (Phi) is 5.94. The van der Waals surface area contributed by atoms with E-state index in [4.69, 9.17) is 4.74 Å². The first-order valence-electron chi connectivity index (χ1n) is 10.7. The number of anilines is 2. The van der Waals surface area contributed by atoms with Gasteiger partial charge in [-0.05, 0) is 54.6 Å². The van der Waals surface area contributed by atoms with Crippen molar-refractivity contribution in [3.05, 3.63) is 90.1 Å². The molecule has 0 unspecified atom stereocenters. The van der Waals surface area contributed by atoms with Gasteiger partial charge in [0.15, 0.2) is 5.82 Å². The second-order valence-electron chi connectivity index (χ2n) is 7.86. The molecule has 5 rings (SSSR count). The van der Waals surface area contributed by atoms with Crippen molar-refractivity contribution in [1.82, 2.24) is 20.2 Å². The van der Waals surface area contributed by atoms with Gasteiger partial charge in [-0.3, -0.25) is 5.10 Å². The predicted octanol–water partition coefficient (Wildman–Crippen LogP) is 7.59. The highest BCUT2D eigenvalue weighted by Crippen LogP contribution is 2.36. The minimum atomic E-state index is -4.64. The number of ether oxygens (including phenoxy) is 1. The van der Waals surface area contributed by atoms with Crippen LogP contribution in [0.25, 0.3) is 22.3 Å². The molecule has 0 amide bonds. The summed E-state index contributed by atoms with van der Waals surface area (Å²) in [6.45, 7) is 0. The topological polar surface area (TPSA) is 75.7 Å². The van der Waals surface area contributed by atoms with Crippen molar-refractivity contribution in [2.24, 2.45) is 0 Å². The first kappa shape index (κ1) is 24.1. The van der Waals surface area contributed by atoms with Crippen LogP contribution in [0.3, 0.4) is 0 Å². The minimum Gasteiger partial charge on any atom is -0.457 e. The quantitative estimate of drug-likeness (QED) is 0.236. The molecule has 0 aliphatic rings. The Labute approximate surface area is 205 Å². The maximum atomic E-state index is 13.3. The second kappa shape index (κ2) is 9.12. The van der Waals surface area contributed by atoms with E-state index in [1.54, 1.807) is 42.5 Å². The van der Waals surface area contributed by atoms with Crippen LogP contribution < -0.4 is 10.1 Å². The molecule has 2 heterocycles. The van der Waals surface area contributed by atoms with Gasteiger partial charge in [-0.2, -0.15) is 31.3 Å². The first-order chi connectivity index (χ1) is 17.6. The van der Waals surface area contributed by atoms with E-state index < -0.39 is 23.6 Å². The SMILES string of the molecule is FC(F)(F)c1cccc(Nc2n[nH]c(-c3ccc(Oc4cc(C(F)(F)F)nc5ccccc45)cc3)n2)c1. The van der Waals surface area contributed by atoms with E-state index >= 15 is 0 Å². The van der Waals surface area contributed by atoms with Gasteiger partial charge < -0.3 is 10.1 Å². The molecule has 0 fully saturated rings. The van der Waals surface area contributed by atoms with Gasteiger partial charge in [0.2, 0.25) is 5.95 Å². The number of para-hydroxylation sites is 1. The van der Waals surface area contributed by atoms with Crippen LogP contribution in [0, 0.1) is 0 Å². The van der Waals surface area contributed by atoms with Crippen LogP contribution in [0.2, 0.25) is 0 Å². The fraction of sp³-hybridized carbons (Fsp3) is 0.0800. The summed E-state index contributed by atoms with van der Waals surface area (Å²) in [4.78, 5) is 7.89. The predicted molar refractivity (Wildman–Crippen MR) is 123 cm³/mol. The first-order valence-corrected chi connectivity index (χ1v) is 10.7. The normalized spacial score (nSPS) is 12.1. The number of H-pyrrole nitrogens is 1. The molecule has 0 aliphatic carbocycles. The molecule has 0 bridgehead atoms. The fourth-order valence-corrected chi connectivity index (χ4v) is 3.53. The Morgan fingerprint density at radius 1 is 0.757 bits per heavy atom. The highest BCUT2D eigenvalue weighted by Gasteiger charge is 2.34. The van der Waals surface area contributed by atoms with Crippen LogP contribution in [0.5, 0.6) is 11.5 Å². The van der Waals surface area contributed by atoms with Crippen molar-refractivity contribution >= 4 is 22.5 Å². The highest BCUT2D eigenvalue weighted by atomic mass is 19.4. The number of rotatable bonds is 5. The van der Waals surface area contributed by atoms with Crippen LogP contribution in [-0.2, 0) is 12.4 Å². The number of nitrogens with zero attached hydrogens (tertiary/aromatic N) is 3. The zero-order valence-corrected chi connectivity index (χ0v) is 18.5. The number of hydrogen-bond donors (Lipinski definition) is 2. The van der Waals surface area contributed by atoms with E-state index in [-0.39, 0.29) is 28.7 Å². The van der Waals surface area contributed by atoms with Gasteiger partial charge >= 0.3 is 12.4 Å². The largest absolute Gasteiger partial charge is 0.457 e. The van der Waals surface area contributed by atoms with Crippen LogP contribution in [0.1, 0.15) is 11.3 Å². The maximum absolute atomic E-state index is 13.3. The minimum absolute atomic E-state index is 0.00193. The maximum Gasteiger partial charge on any atom is 0.433 e. The Morgan fingerprint density at radius 3 is 2.24 bits per heavy atom. The fourth-order valence-electron chi connectivity index (χ4n) is 3.53. The zero-order chi connectivity index (χ0) is 26.2. The van der Waals surface area contributed by atoms with Gasteiger partial charge in [-0.25, -0.2) is 4.98 Å². The van der Waals surface area contributed by atoms with Gasteiger partial charge in [0.25, 0.3) is 0 Å². The molecule has 3 aromatic carbocycles. The lowest BCUT2D eigenvalue weighted by Gasteiger charge is -2.13. The number of aromatic nitrogens is 4. The summed E-state index contributed by atoms with van der Waals surface area (Å²) >= 11 is 0. The van der Waals surface area contributed by atoms with E-state index in [9.17, 15) is 26.3 Å². The molecule has 0 atom stereocenters. The van der Waals surface area contributed by atoms with Gasteiger partial charge in [-0.15, -0.1) is 5.10 Å². The van der Waals surface area contributed by atoms with E-state index in [2.05, 4.69) is 25.5 Å². The van der Waals surface area contributed by atoms with Crippen molar-refractivity contribution in [1.29, 1.82) is 0 Å². The molecule has 2 N–H and O–H groups in total. The third-order valence-corrected chi connectivity index (χ3v) is 5.26. The average molecular weight is 515 g/mol. The molecule has 188 valence electrons. The summed E-state index contributed by atoms with van der Waals surface area (Å²) in [6, 6.07) is 18.1. The summed E-state index contributed by atoms with van der Waals surface area (Å²) in [5.74, 6) is 0.639. The number of pyridine rings is 1. The Bertz CT molecular complexity index is 1560. The number of fused-ring (bicyclic) bond motifs is 1. The van der Waals surface area contributed by atoms with Gasteiger partial charge in [0, 0.05) is 22.7 Å². The molecular formula is C25H15F6N5O. The smallest absolute Gasteiger partial charge is 0.433 e. The summed E-state index contributed by atoms with van der Waals surface area (Å²) in [6.07, 6.45) is -9.12.